The molecule has 0 heterocycles. The van der Waals surface area contributed by atoms with E-state index >= 15 is 0 Å². The first-order chi connectivity index (χ1) is 6.76. The number of nitrogens with zero attached hydrogens (tertiary/aromatic N) is 1. The van der Waals surface area contributed by atoms with Crippen LogP contribution in [0.25, 0.3) is 0 Å². The predicted octanol–water partition coefficient (Wildman–Crippen LogP) is 2.78. The summed E-state index contributed by atoms with van der Waals surface area (Å²) in [4.78, 5) is 13.6. The highest BCUT2D eigenvalue weighted by Gasteiger charge is 2.09. The van der Waals surface area contributed by atoms with E-state index in [0.717, 1.165) is 25.3 Å². The molecule has 0 rings (SSSR count). The van der Waals surface area contributed by atoms with E-state index in [-0.39, 0.29) is 0 Å². The molecule has 0 aromatic rings. The van der Waals surface area contributed by atoms with Gasteiger partial charge in [-0.25, -0.2) is 0 Å². The van der Waals surface area contributed by atoms with Crippen molar-refractivity contribution in [3.8, 4) is 0 Å². The summed E-state index contributed by atoms with van der Waals surface area (Å²) in [6.45, 7) is 8.09. The van der Waals surface area contributed by atoms with E-state index in [4.69, 9.17) is 0 Å². The molecule has 0 aromatic carbocycles. The van der Waals surface area contributed by atoms with E-state index in [1.54, 1.807) is 0 Å². The Bertz CT molecular complexity index is 150. The smallest absolute Gasteiger partial charge is 0.223 e. The quantitative estimate of drug-likeness (QED) is 0.583. The minimum atomic E-state index is 0.318. The third kappa shape index (κ3) is 6.30. The molecule has 0 fully saturated rings. The minimum Gasteiger partial charge on any atom is -0.343 e. The van der Waals surface area contributed by atoms with Gasteiger partial charge in [-0.1, -0.05) is 13.8 Å². The van der Waals surface area contributed by atoms with E-state index in [1.165, 1.54) is 12.2 Å². The van der Waals surface area contributed by atoms with Gasteiger partial charge >= 0.3 is 0 Å². The lowest BCUT2D eigenvalue weighted by Gasteiger charge is -2.19. The zero-order chi connectivity index (χ0) is 10.8. The van der Waals surface area contributed by atoms with Gasteiger partial charge in [-0.05, 0) is 25.5 Å². The summed E-state index contributed by atoms with van der Waals surface area (Å²) in [5.74, 6) is 2.47. The number of rotatable bonds is 8. The van der Waals surface area contributed by atoms with Crippen molar-refractivity contribution >= 4 is 17.7 Å². The van der Waals surface area contributed by atoms with Crippen LogP contribution in [0.2, 0.25) is 0 Å². The first kappa shape index (κ1) is 13.8. The second kappa shape index (κ2) is 9.38. The summed E-state index contributed by atoms with van der Waals surface area (Å²) >= 11 is 1.88. The van der Waals surface area contributed by atoms with E-state index < -0.39 is 0 Å². The van der Waals surface area contributed by atoms with Crippen molar-refractivity contribution < 1.29 is 4.79 Å². The topological polar surface area (TPSA) is 20.3 Å². The molecule has 0 saturated carbocycles. The van der Waals surface area contributed by atoms with Crippen LogP contribution in [0.3, 0.4) is 0 Å². The molecule has 0 atom stereocenters. The lowest BCUT2D eigenvalue weighted by Crippen LogP contribution is -2.31. The highest BCUT2D eigenvalue weighted by molar-refractivity contribution is 7.99. The average molecular weight is 217 g/mol. The summed E-state index contributed by atoms with van der Waals surface area (Å²) < 4.78 is 0. The number of carbonyl (C=O) groups excluding carboxylic acids is 1. The van der Waals surface area contributed by atoms with Gasteiger partial charge in [-0.15, -0.1) is 0 Å². The highest BCUT2D eigenvalue weighted by Crippen LogP contribution is 2.06. The van der Waals surface area contributed by atoms with Crippen LogP contribution >= 0.6 is 11.8 Å². The Balaban J connectivity index is 3.58. The summed E-state index contributed by atoms with van der Waals surface area (Å²) in [6, 6.07) is 0. The van der Waals surface area contributed by atoms with Crippen LogP contribution in [0.15, 0.2) is 0 Å². The van der Waals surface area contributed by atoms with Crippen LogP contribution < -0.4 is 0 Å². The van der Waals surface area contributed by atoms with Gasteiger partial charge < -0.3 is 4.90 Å². The van der Waals surface area contributed by atoms with Gasteiger partial charge in [-0.2, -0.15) is 11.8 Å². The van der Waals surface area contributed by atoms with E-state index in [9.17, 15) is 4.79 Å². The van der Waals surface area contributed by atoms with Gasteiger partial charge in [0.15, 0.2) is 0 Å². The van der Waals surface area contributed by atoms with Crippen molar-refractivity contribution in [3.05, 3.63) is 0 Å². The number of amides is 1. The molecule has 84 valence electrons. The molecule has 3 heteroatoms. The van der Waals surface area contributed by atoms with Crippen LogP contribution in [-0.2, 0) is 4.79 Å². The highest BCUT2D eigenvalue weighted by atomic mass is 32.2. The van der Waals surface area contributed by atoms with Gasteiger partial charge in [0.1, 0.15) is 0 Å². The second-order valence-corrected chi connectivity index (χ2v) is 4.56. The van der Waals surface area contributed by atoms with Gasteiger partial charge in [0.05, 0.1) is 0 Å². The first-order valence-electron chi connectivity index (χ1n) is 5.61. The first-order valence-corrected chi connectivity index (χ1v) is 6.77. The molecule has 0 aliphatic rings. The third-order valence-corrected chi connectivity index (χ3v) is 3.23. The number of carbonyl (C=O) groups is 1. The van der Waals surface area contributed by atoms with Gasteiger partial charge in [0, 0.05) is 25.3 Å². The molecule has 0 unspecified atom stereocenters. The Labute approximate surface area is 92.4 Å². The standard InChI is InChI=1S/C11H23NOS/c1-4-8-12(6-3)11(13)7-10-14-9-5-2/h4-10H2,1-3H3. The minimum absolute atomic E-state index is 0.318. The summed E-state index contributed by atoms with van der Waals surface area (Å²) in [7, 11) is 0. The van der Waals surface area contributed by atoms with Crippen LogP contribution in [-0.4, -0.2) is 35.4 Å². The monoisotopic (exact) mass is 217 g/mol. The van der Waals surface area contributed by atoms with Crippen molar-refractivity contribution in [1.29, 1.82) is 0 Å². The summed E-state index contributed by atoms with van der Waals surface area (Å²) in [6.07, 6.45) is 2.96. The van der Waals surface area contributed by atoms with E-state index in [2.05, 4.69) is 13.8 Å². The van der Waals surface area contributed by atoms with Gasteiger partial charge in [-0.3, -0.25) is 4.79 Å². The number of hydrogen-bond acceptors (Lipinski definition) is 2. The van der Waals surface area contributed by atoms with E-state index in [0.29, 0.717) is 12.3 Å². The van der Waals surface area contributed by atoms with Gasteiger partial charge in [0.25, 0.3) is 0 Å². The molecule has 0 saturated heterocycles. The Morgan fingerprint density at radius 3 is 2.36 bits per heavy atom. The number of thioether (sulfide) groups is 1. The van der Waals surface area contributed by atoms with Crippen molar-refractivity contribution in [2.75, 3.05) is 24.6 Å². The molecule has 0 N–H and O–H groups in total. The Morgan fingerprint density at radius 1 is 1.14 bits per heavy atom. The molecule has 0 spiro atoms. The lowest BCUT2D eigenvalue weighted by atomic mass is 10.3. The molecular formula is C11H23NOS. The molecule has 1 amide bonds. The third-order valence-electron chi connectivity index (χ3n) is 2.04. The predicted molar refractivity (Wildman–Crippen MR) is 64.8 cm³/mol. The van der Waals surface area contributed by atoms with Crippen molar-refractivity contribution in [2.45, 2.75) is 40.0 Å². The van der Waals surface area contributed by atoms with Crippen LogP contribution in [0.5, 0.6) is 0 Å². The maximum absolute atomic E-state index is 11.6. The SMILES string of the molecule is CCCSCCC(=O)N(CC)CCC. The fraction of sp³-hybridized carbons (Fsp3) is 0.909. The molecule has 0 aromatic heterocycles. The molecular weight excluding hydrogens is 194 g/mol. The zero-order valence-corrected chi connectivity index (χ0v) is 10.5. The normalized spacial score (nSPS) is 10.2. The summed E-state index contributed by atoms with van der Waals surface area (Å²) in [5, 5.41) is 0. The lowest BCUT2D eigenvalue weighted by molar-refractivity contribution is -0.130. The van der Waals surface area contributed by atoms with Crippen molar-refractivity contribution in [3.63, 3.8) is 0 Å². The summed E-state index contributed by atoms with van der Waals surface area (Å²) in [5.41, 5.74) is 0. The van der Waals surface area contributed by atoms with Crippen LogP contribution in [0.1, 0.15) is 40.0 Å². The Kier molecular flexibility index (Phi) is 9.26. The largest absolute Gasteiger partial charge is 0.343 e. The molecule has 0 bridgehead atoms. The zero-order valence-electron chi connectivity index (χ0n) is 9.71. The van der Waals surface area contributed by atoms with Crippen molar-refractivity contribution in [1.82, 2.24) is 4.90 Å². The Morgan fingerprint density at radius 2 is 1.86 bits per heavy atom. The van der Waals surface area contributed by atoms with Crippen LogP contribution in [0, 0.1) is 0 Å². The van der Waals surface area contributed by atoms with E-state index in [1.807, 2.05) is 23.6 Å². The fourth-order valence-corrected chi connectivity index (χ4v) is 2.10. The van der Waals surface area contributed by atoms with Gasteiger partial charge in [0.2, 0.25) is 5.91 Å². The molecule has 0 radical (unpaired) electrons. The second-order valence-electron chi connectivity index (χ2n) is 3.34. The molecule has 2 nitrogen and oxygen atoms in total. The maximum Gasteiger partial charge on any atom is 0.223 e. The van der Waals surface area contributed by atoms with Crippen LogP contribution in [0.4, 0.5) is 0 Å². The average Bonchev–Trinajstić information content (AvgIpc) is 2.20. The molecule has 0 aliphatic heterocycles. The Hall–Kier alpha value is -0.180. The maximum atomic E-state index is 11.6. The van der Waals surface area contributed by atoms with Crippen molar-refractivity contribution in [2.24, 2.45) is 0 Å². The fourth-order valence-electron chi connectivity index (χ4n) is 1.29. The number of hydrogen-bond donors (Lipinski definition) is 0. The molecule has 14 heavy (non-hydrogen) atoms. The molecule has 0 aliphatic carbocycles.